The SMILES string of the molecule is CCCNc1cc(N2CCC(N(C)C)CC2)nc(C)n1. The summed E-state index contributed by atoms with van der Waals surface area (Å²) in [5.74, 6) is 2.85. The first-order valence-corrected chi connectivity index (χ1v) is 7.61. The van der Waals surface area contributed by atoms with E-state index in [0.717, 1.165) is 43.5 Å². The Labute approximate surface area is 122 Å². The van der Waals surface area contributed by atoms with E-state index in [-0.39, 0.29) is 0 Å². The maximum Gasteiger partial charge on any atom is 0.134 e. The van der Waals surface area contributed by atoms with Gasteiger partial charge in [0.05, 0.1) is 0 Å². The van der Waals surface area contributed by atoms with Gasteiger partial charge in [0.15, 0.2) is 0 Å². The average molecular weight is 277 g/mol. The van der Waals surface area contributed by atoms with E-state index in [9.17, 15) is 0 Å². The number of aromatic nitrogens is 2. The van der Waals surface area contributed by atoms with Gasteiger partial charge in [-0.2, -0.15) is 0 Å². The van der Waals surface area contributed by atoms with Crippen LogP contribution in [-0.2, 0) is 0 Å². The molecule has 20 heavy (non-hydrogen) atoms. The fraction of sp³-hybridized carbons (Fsp3) is 0.733. The Hall–Kier alpha value is -1.36. The minimum absolute atomic E-state index is 0.701. The van der Waals surface area contributed by atoms with Gasteiger partial charge >= 0.3 is 0 Å². The third-order valence-corrected chi connectivity index (χ3v) is 3.90. The van der Waals surface area contributed by atoms with Crippen molar-refractivity contribution in [2.45, 2.75) is 39.2 Å². The largest absolute Gasteiger partial charge is 0.370 e. The summed E-state index contributed by atoms with van der Waals surface area (Å²) in [6, 6.07) is 2.78. The maximum absolute atomic E-state index is 4.60. The molecule has 0 bridgehead atoms. The lowest BCUT2D eigenvalue weighted by Gasteiger charge is -2.36. The number of rotatable bonds is 5. The summed E-state index contributed by atoms with van der Waals surface area (Å²) >= 11 is 0. The van der Waals surface area contributed by atoms with Crippen molar-refractivity contribution in [1.29, 1.82) is 0 Å². The summed E-state index contributed by atoms with van der Waals surface area (Å²) in [6.07, 6.45) is 3.51. The number of aryl methyl sites for hydroxylation is 1. The number of piperidine rings is 1. The van der Waals surface area contributed by atoms with Crippen LogP contribution in [0.1, 0.15) is 32.0 Å². The smallest absolute Gasteiger partial charge is 0.134 e. The Morgan fingerprint density at radius 3 is 2.60 bits per heavy atom. The molecule has 1 N–H and O–H groups in total. The fourth-order valence-corrected chi connectivity index (χ4v) is 2.67. The molecule has 5 nitrogen and oxygen atoms in total. The van der Waals surface area contributed by atoms with Crippen molar-refractivity contribution in [3.63, 3.8) is 0 Å². The summed E-state index contributed by atoms with van der Waals surface area (Å²) in [5.41, 5.74) is 0. The lowest BCUT2D eigenvalue weighted by atomic mass is 10.0. The third kappa shape index (κ3) is 3.82. The van der Waals surface area contributed by atoms with E-state index in [1.165, 1.54) is 12.8 Å². The van der Waals surface area contributed by atoms with Gasteiger partial charge in [-0.1, -0.05) is 6.92 Å². The first kappa shape index (κ1) is 15.0. The van der Waals surface area contributed by atoms with Crippen molar-refractivity contribution in [2.75, 3.05) is 43.9 Å². The van der Waals surface area contributed by atoms with Gasteiger partial charge in [0, 0.05) is 31.7 Å². The molecule has 1 aromatic rings. The van der Waals surface area contributed by atoms with Gasteiger partial charge < -0.3 is 15.1 Å². The molecule has 0 saturated carbocycles. The Morgan fingerprint density at radius 1 is 1.30 bits per heavy atom. The van der Waals surface area contributed by atoms with E-state index in [2.05, 4.69) is 52.2 Å². The molecule has 2 rings (SSSR count). The van der Waals surface area contributed by atoms with Gasteiger partial charge in [0.2, 0.25) is 0 Å². The molecule has 0 atom stereocenters. The molecular weight excluding hydrogens is 250 g/mol. The molecule has 0 radical (unpaired) electrons. The molecule has 1 aromatic heterocycles. The highest BCUT2D eigenvalue weighted by molar-refractivity contribution is 5.49. The number of nitrogens with zero attached hydrogens (tertiary/aromatic N) is 4. The number of nitrogens with one attached hydrogen (secondary N) is 1. The van der Waals surface area contributed by atoms with Gasteiger partial charge in [-0.05, 0) is 40.3 Å². The number of hydrogen-bond donors (Lipinski definition) is 1. The Bertz CT molecular complexity index is 424. The molecule has 112 valence electrons. The van der Waals surface area contributed by atoms with Crippen LogP contribution >= 0.6 is 0 Å². The molecule has 1 aliphatic rings. The maximum atomic E-state index is 4.60. The first-order valence-electron chi connectivity index (χ1n) is 7.61. The van der Waals surface area contributed by atoms with Crippen LogP contribution in [0.15, 0.2) is 6.07 Å². The van der Waals surface area contributed by atoms with Crippen LogP contribution in [0.5, 0.6) is 0 Å². The standard InChI is InChI=1S/C15H27N5/c1-5-8-16-14-11-15(18-12(2)17-14)20-9-6-13(7-10-20)19(3)4/h11,13H,5-10H2,1-4H3,(H,16,17,18). The van der Waals surface area contributed by atoms with Crippen LogP contribution in [0.3, 0.4) is 0 Å². The molecule has 0 aromatic carbocycles. The first-order chi connectivity index (χ1) is 9.60. The quantitative estimate of drug-likeness (QED) is 0.893. The summed E-state index contributed by atoms with van der Waals surface area (Å²) in [5, 5.41) is 3.36. The van der Waals surface area contributed by atoms with Crippen LogP contribution in [-0.4, -0.2) is 54.6 Å². The molecule has 2 heterocycles. The second-order valence-corrected chi connectivity index (χ2v) is 5.77. The Kier molecular flexibility index (Phi) is 5.17. The van der Waals surface area contributed by atoms with Gasteiger partial charge in [-0.25, -0.2) is 9.97 Å². The van der Waals surface area contributed by atoms with E-state index < -0.39 is 0 Å². The van der Waals surface area contributed by atoms with Crippen LogP contribution in [0.4, 0.5) is 11.6 Å². The van der Waals surface area contributed by atoms with Crippen molar-refractivity contribution >= 4 is 11.6 Å². The predicted molar refractivity (Wildman–Crippen MR) is 84.5 cm³/mol. The molecule has 1 saturated heterocycles. The zero-order chi connectivity index (χ0) is 14.5. The summed E-state index contributed by atoms with van der Waals surface area (Å²) in [6.45, 7) is 7.23. The van der Waals surface area contributed by atoms with Gasteiger partial charge in [-0.15, -0.1) is 0 Å². The molecule has 0 aliphatic carbocycles. The van der Waals surface area contributed by atoms with Gasteiger partial charge in [-0.3, -0.25) is 0 Å². The molecule has 5 heteroatoms. The van der Waals surface area contributed by atoms with E-state index >= 15 is 0 Å². The Morgan fingerprint density at radius 2 is 2.00 bits per heavy atom. The van der Waals surface area contributed by atoms with Crippen molar-refractivity contribution in [3.8, 4) is 0 Å². The highest BCUT2D eigenvalue weighted by Gasteiger charge is 2.21. The van der Waals surface area contributed by atoms with Gasteiger partial charge in [0.25, 0.3) is 0 Å². The highest BCUT2D eigenvalue weighted by atomic mass is 15.2. The summed E-state index contributed by atoms with van der Waals surface area (Å²) in [7, 11) is 4.34. The van der Waals surface area contributed by atoms with E-state index in [0.29, 0.717) is 6.04 Å². The van der Waals surface area contributed by atoms with Crippen molar-refractivity contribution in [2.24, 2.45) is 0 Å². The monoisotopic (exact) mass is 277 g/mol. The van der Waals surface area contributed by atoms with E-state index in [1.54, 1.807) is 0 Å². The lowest BCUT2D eigenvalue weighted by Crippen LogP contribution is -2.42. The Balaban J connectivity index is 2.03. The third-order valence-electron chi connectivity index (χ3n) is 3.90. The molecule has 0 unspecified atom stereocenters. The normalized spacial score (nSPS) is 16.8. The van der Waals surface area contributed by atoms with E-state index in [1.807, 2.05) is 6.92 Å². The van der Waals surface area contributed by atoms with Crippen molar-refractivity contribution in [1.82, 2.24) is 14.9 Å². The van der Waals surface area contributed by atoms with Crippen LogP contribution in [0, 0.1) is 6.92 Å². The minimum Gasteiger partial charge on any atom is -0.370 e. The summed E-state index contributed by atoms with van der Waals surface area (Å²) in [4.78, 5) is 13.8. The van der Waals surface area contributed by atoms with Crippen LogP contribution in [0.25, 0.3) is 0 Å². The molecule has 0 amide bonds. The molecule has 1 fully saturated rings. The van der Waals surface area contributed by atoms with Crippen LogP contribution in [0.2, 0.25) is 0 Å². The molecule has 0 spiro atoms. The zero-order valence-corrected chi connectivity index (χ0v) is 13.2. The number of anilines is 2. The van der Waals surface area contributed by atoms with Crippen LogP contribution < -0.4 is 10.2 Å². The second kappa shape index (κ2) is 6.88. The predicted octanol–water partition coefficient (Wildman–Crippen LogP) is 2.14. The lowest BCUT2D eigenvalue weighted by molar-refractivity contribution is 0.249. The minimum atomic E-state index is 0.701. The average Bonchev–Trinajstić information content (AvgIpc) is 2.44. The van der Waals surface area contributed by atoms with Gasteiger partial charge in [0.1, 0.15) is 17.5 Å². The highest BCUT2D eigenvalue weighted by Crippen LogP contribution is 2.22. The van der Waals surface area contributed by atoms with E-state index in [4.69, 9.17) is 0 Å². The molecule has 1 aliphatic heterocycles. The summed E-state index contributed by atoms with van der Waals surface area (Å²) < 4.78 is 0. The van der Waals surface area contributed by atoms with Crippen molar-refractivity contribution in [3.05, 3.63) is 11.9 Å². The topological polar surface area (TPSA) is 44.3 Å². The zero-order valence-electron chi connectivity index (χ0n) is 13.2. The second-order valence-electron chi connectivity index (χ2n) is 5.77. The fourth-order valence-electron chi connectivity index (χ4n) is 2.67. The van der Waals surface area contributed by atoms with Crippen molar-refractivity contribution < 1.29 is 0 Å². The molecular formula is C15H27N5. The number of hydrogen-bond acceptors (Lipinski definition) is 5.